The van der Waals surface area contributed by atoms with Crippen LogP contribution in [0.1, 0.15) is 6.42 Å². The van der Waals surface area contributed by atoms with E-state index in [-0.39, 0.29) is 13.0 Å². The molecule has 0 aliphatic heterocycles. The minimum atomic E-state index is -1.05. The fraction of sp³-hybridized carbons (Fsp3) is 0.333. The average molecular weight is 266 g/mol. The normalized spacial score (nSPS) is 12.5. The van der Waals surface area contributed by atoms with E-state index in [0.29, 0.717) is 16.8 Å². The molecule has 2 aromatic rings. The second kappa shape index (κ2) is 5.15. The summed E-state index contributed by atoms with van der Waals surface area (Å²) in [7, 11) is 1.59. The lowest BCUT2D eigenvalue weighted by Crippen LogP contribution is -2.22. The molecule has 1 atom stereocenters. The number of fused-ring (bicyclic) bond motifs is 1. The van der Waals surface area contributed by atoms with Crippen molar-refractivity contribution in [3.63, 3.8) is 0 Å². The Morgan fingerprint density at radius 2 is 2.26 bits per heavy atom. The molecule has 0 fully saturated rings. The van der Waals surface area contributed by atoms with E-state index in [4.69, 9.17) is 9.52 Å². The number of carboxylic acids is 1. The molecule has 1 heterocycles. The standard InChI is InChI=1S/C12H14N2O5/c1-14-9-4-7(2-3-10(9)19-12(14)18)13-6-8(15)5-11(16)17/h2-4,8,13,15H,5-6H2,1H3,(H,16,17). The average Bonchev–Trinajstić information content (AvgIpc) is 2.62. The zero-order valence-corrected chi connectivity index (χ0v) is 10.3. The van der Waals surface area contributed by atoms with Gasteiger partial charge in [-0.05, 0) is 18.2 Å². The summed E-state index contributed by atoms with van der Waals surface area (Å²) in [6, 6.07) is 5.04. The number of hydrogen-bond acceptors (Lipinski definition) is 5. The molecule has 7 nitrogen and oxygen atoms in total. The highest BCUT2D eigenvalue weighted by molar-refractivity contribution is 5.77. The van der Waals surface area contributed by atoms with Crippen molar-refractivity contribution in [3.8, 4) is 0 Å². The number of nitrogens with zero attached hydrogens (tertiary/aromatic N) is 1. The zero-order chi connectivity index (χ0) is 14.0. The predicted molar refractivity (Wildman–Crippen MR) is 68.2 cm³/mol. The number of aryl methyl sites for hydroxylation is 1. The van der Waals surface area contributed by atoms with Crippen LogP contribution < -0.4 is 11.1 Å². The Morgan fingerprint density at radius 1 is 1.53 bits per heavy atom. The lowest BCUT2D eigenvalue weighted by atomic mass is 10.2. The first-order valence-electron chi connectivity index (χ1n) is 5.70. The van der Waals surface area contributed by atoms with Gasteiger partial charge >= 0.3 is 11.7 Å². The monoisotopic (exact) mass is 266 g/mol. The molecule has 3 N–H and O–H groups in total. The zero-order valence-electron chi connectivity index (χ0n) is 10.3. The van der Waals surface area contributed by atoms with Crippen LogP contribution in [-0.2, 0) is 11.8 Å². The highest BCUT2D eigenvalue weighted by atomic mass is 16.4. The number of aromatic nitrogens is 1. The number of aliphatic hydroxyl groups excluding tert-OH is 1. The number of hydrogen-bond donors (Lipinski definition) is 3. The lowest BCUT2D eigenvalue weighted by Gasteiger charge is -2.10. The third-order valence-electron chi connectivity index (χ3n) is 2.74. The molecular formula is C12H14N2O5. The third-order valence-corrected chi connectivity index (χ3v) is 2.74. The molecule has 19 heavy (non-hydrogen) atoms. The highest BCUT2D eigenvalue weighted by Crippen LogP contribution is 2.17. The number of anilines is 1. The third kappa shape index (κ3) is 2.94. The van der Waals surface area contributed by atoms with E-state index in [1.807, 2.05) is 0 Å². The molecule has 0 bridgehead atoms. The van der Waals surface area contributed by atoms with Gasteiger partial charge in [-0.1, -0.05) is 0 Å². The van der Waals surface area contributed by atoms with Gasteiger partial charge in [-0.3, -0.25) is 9.36 Å². The number of aliphatic carboxylic acids is 1. The summed E-state index contributed by atoms with van der Waals surface area (Å²) < 4.78 is 6.35. The van der Waals surface area contributed by atoms with Gasteiger partial charge in [0, 0.05) is 19.3 Å². The topological polar surface area (TPSA) is 105 Å². The van der Waals surface area contributed by atoms with Gasteiger partial charge in [0.2, 0.25) is 0 Å². The summed E-state index contributed by atoms with van der Waals surface area (Å²) in [5.74, 6) is -1.50. The Kier molecular flexibility index (Phi) is 3.57. The Labute approximate surface area is 108 Å². The first-order valence-corrected chi connectivity index (χ1v) is 5.70. The van der Waals surface area contributed by atoms with Crippen molar-refractivity contribution in [2.75, 3.05) is 11.9 Å². The number of benzene rings is 1. The Morgan fingerprint density at radius 3 is 2.95 bits per heavy atom. The number of rotatable bonds is 5. The number of aliphatic hydroxyl groups is 1. The molecule has 0 saturated heterocycles. The smallest absolute Gasteiger partial charge is 0.419 e. The van der Waals surface area contributed by atoms with Crippen molar-refractivity contribution >= 4 is 22.8 Å². The first-order chi connectivity index (χ1) is 8.97. The summed E-state index contributed by atoms with van der Waals surface area (Å²) in [5, 5.41) is 20.9. The van der Waals surface area contributed by atoms with Gasteiger partial charge in [-0.25, -0.2) is 4.79 Å². The largest absolute Gasteiger partial charge is 0.481 e. The molecule has 1 aromatic carbocycles. The summed E-state index contributed by atoms with van der Waals surface area (Å²) in [5.41, 5.74) is 1.78. The lowest BCUT2D eigenvalue weighted by molar-refractivity contribution is -0.138. The molecule has 0 amide bonds. The second-order valence-electron chi connectivity index (χ2n) is 4.24. The molecule has 0 radical (unpaired) electrons. The van der Waals surface area contributed by atoms with Gasteiger partial charge < -0.3 is 19.9 Å². The van der Waals surface area contributed by atoms with Crippen molar-refractivity contribution < 1.29 is 19.4 Å². The van der Waals surface area contributed by atoms with E-state index in [2.05, 4.69) is 5.32 Å². The minimum absolute atomic E-state index is 0.115. The van der Waals surface area contributed by atoms with Crippen molar-refractivity contribution in [3.05, 3.63) is 28.7 Å². The van der Waals surface area contributed by atoms with Crippen molar-refractivity contribution in [1.29, 1.82) is 0 Å². The van der Waals surface area contributed by atoms with Gasteiger partial charge in [-0.15, -0.1) is 0 Å². The molecule has 0 spiro atoms. The van der Waals surface area contributed by atoms with Crippen LogP contribution in [0.4, 0.5) is 5.69 Å². The second-order valence-corrected chi connectivity index (χ2v) is 4.24. The SMILES string of the molecule is Cn1c(=O)oc2ccc(NCC(O)CC(=O)O)cc21. The van der Waals surface area contributed by atoms with Gasteiger partial charge in [0.15, 0.2) is 5.58 Å². The Bertz CT molecular complexity index is 658. The van der Waals surface area contributed by atoms with Crippen molar-refractivity contribution in [2.24, 2.45) is 7.05 Å². The van der Waals surface area contributed by atoms with Crippen LogP contribution in [0, 0.1) is 0 Å². The van der Waals surface area contributed by atoms with Crippen molar-refractivity contribution in [2.45, 2.75) is 12.5 Å². The number of carbonyl (C=O) groups is 1. The van der Waals surface area contributed by atoms with Gasteiger partial charge in [0.1, 0.15) is 0 Å². The van der Waals surface area contributed by atoms with E-state index < -0.39 is 17.8 Å². The van der Waals surface area contributed by atoms with Crippen LogP contribution in [0.3, 0.4) is 0 Å². The minimum Gasteiger partial charge on any atom is -0.481 e. The van der Waals surface area contributed by atoms with Crippen LogP contribution in [0.25, 0.3) is 11.1 Å². The molecule has 1 unspecified atom stereocenters. The van der Waals surface area contributed by atoms with Gasteiger partial charge in [0.05, 0.1) is 18.0 Å². The predicted octanol–water partition coefficient (Wildman–Crippen LogP) is 0.379. The quantitative estimate of drug-likeness (QED) is 0.722. The molecule has 1 aromatic heterocycles. The fourth-order valence-electron chi connectivity index (χ4n) is 1.75. The van der Waals surface area contributed by atoms with Crippen LogP contribution in [0.2, 0.25) is 0 Å². The summed E-state index contributed by atoms with van der Waals surface area (Å²) in [6.07, 6.45) is -1.29. The summed E-state index contributed by atoms with van der Waals surface area (Å²) in [4.78, 5) is 21.7. The van der Waals surface area contributed by atoms with Crippen molar-refractivity contribution in [1.82, 2.24) is 4.57 Å². The highest BCUT2D eigenvalue weighted by Gasteiger charge is 2.10. The van der Waals surface area contributed by atoms with Crippen LogP contribution in [-0.4, -0.2) is 33.4 Å². The van der Waals surface area contributed by atoms with E-state index in [0.717, 1.165) is 0 Å². The molecule has 102 valence electrons. The molecule has 0 aliphatic rings. The number of nitrogens with one attached hydrogen (secondary N) is 1. The van der Waals surface area contributed by atoms with Crippen LogP contribution >= 0.6 is 0 Å². The molecule has 0 saturated carbocycles. The number of carboxylic acid groups (broad SMARTS) is 1. The van der Waals surface area contributed by atoms with Gasteiger partial charge in [0.25, 0.3) is 0 Å². The Hall–Kier alpha value is -2.28. The molecular weight excluding hydrogens is 252 g/mol. The maximum absolute atomic E-state index is 11.3. The Balaban J connectivity index is 2.11. The molecule has 2 rings (SSSR count). The van der Waals surface area contributed by atoms with Crippen LogP contribution in [0.15, 0.2) is 27.4 Å². The maximum Gasteiger partial charge on any atom is 0.419 e. The van der Waals surface area contributed by atoms with E-state index in [1.54, 1.807) is 25.2 Å². The van der Waals surface area contributed by atoms with Gasteiger partial charge in [-0.2, -0.15) is 0 Å². The van der Waals surface area contributed by atoms with Crippen LogP contribution in [0.5, 0.6) is 0 Å². The number of oxazole rings is 1. The first kappa shape index (κ1) is 13.2. The fourth-order valence-corrected chi connectivity index (χ4v) is 1.75. The summed E-state index contributed by atoms with van der Waals surface area (Å²) in [6.45, 7) is 0.115. The summed E-state index contributed by atoms with van der Waals surface area (Å²) >= 11 is 0. The van der Waals surface area contributed by atoms with E-state index >= 15 is 0 Å². The maximum atomic E-state index is 11.3. The van der Waals surface area contributed by atoms with E-state index in [9.17, 15) is 14.7 Å². The molecule has 0 aliphatic carbocycles. The molecule has 7 heteroatoms. The van der Waals surface area contributed by atoms with E-state index in [1.165, 1.54) is 4.57 Å².